The molecule has 4 nitrogen and oxygen atoms in total. The Kier molecular flexibility index (Phi) is 5.20. The van der Waals surface area contributed by atoms with Gasteiger partial charge in [0.25, 0.3) is 0 Å². The maximum Gasteiger partial charge on any atom is 0.387 e. The van der Waals surface area contributed by atoms with Crippen molar-refractivity contribution < 1.29 is 27.4 Å². The number of rotatable bonds is 3. The highest BCUT2D eigenvalue weighted by Gasteiger charge is 2.12. The number of halogens is 3. The van der Waals surface area contributed by atoms with Crippen LogP contribution in [0.4, 0.5) is 13.2 Å². The number of alkyl halides is 2. The monoisotopic (exact) mass is 321 g/mol. The molecule has 0 saturated heterocycles. The molecular weight excluding hydrogens is 311 g/mol. The van der Waals surface area contributed by atoms with Gasteiger partial charge in [0.1, 0.15) is 11.6 Å². The summed E-state index contributed by atoms with van der Waals surface area (Å²) in [7, 11) is 1.19. The number of benzene rings is 1. The number of hydrogen-bond donors (Lipinski definition) is 0. The quantitative estimate of drug-likeness (QED) is 0.644. The Morgan fingerprint density at radius 1 is 1.22 bits per heavy atom. The zero-order valence-corrected chi connectivity index (χ0v) is 11.8. The highest BCUT2D eigenvalue weighted by atomic mass is 19.3. The van der Waals surface area contributed by atoms with Crippen LogP contribution >= 0.6 is 0 Å². The molecule has 0 aliphatic heterocycles. The summed E-state index contributed by atoms with van der Waals surface area (Å²) in [5.74, 6) is 3.70. The SMILES string of the molecule is COC(=O)c1ccc(OC(F)F)c(C#Cc2cncc(F)c2)c1. The summed E-state index contributed by atoms with van der Waals surface area (Å²) in [4.78, 5) is 15.1. The topological polar surface area (TPSA) is 48.4 Å². The van der Waals surface area contributed by atoms with Crippen molar-refractivity contribution in [2.75, 3.05) is 7.11 Å². The lowest BCUT2D eigenvalue weighted by molar-refractivity contribution is -0.0500. The van der Waals surface area contributed by atoms with Crippen molar-refractivity contribution in [2.45, 2.75) is 6.61 Å². The summed E-state index contributed by atoms with van der Waals surface area (Å²) in [6, 6.07) is 4.85. The molecule has 0 fully saturated rings. The fourth-order valence-corrected chi connectivity index (χ4v) is 1.69. The zero-order valence-electron chi connectivity index (χ0n) is 11.8. The molecule has 118 valence electrons. The van der Waals surface area contributed by atoms with Gasteiger partial charge in [0, 0.05) is 11.8 Å². The van der Waals surface area contributed by atoms with Gasteiger partial charge >= 0.3 is 12.6 Å². The van der Waals surface area contributed by atoms with Crippen LogP contribution < -0.4 is 4.74 Å². The molecule has 0 radical (unpaired) electrons. The first-order valence-corrected chi connectivity index (χ1v) is 6.29. The summed E-state index contributed by atoms with van der Waals surface area (Å²) in [6.45, 7) is -3.05. The van der Waals surface area contributed by atoms with Crippen LogP contribution in [0.15, 0.2) is 36.7 Å². The van der Waals surface area contributed by atoms with Gasteiger partial charge in [-0.1, -0.05) is 11.8 Å². The fraction of sp³-hybridized carbons (Fsp3) is 0.125. The van der Waals surface area contributed by atoms with E-state index in [0.29, 0.717) is 0 Å². The Labute approximate surface area is 129 Å². The number of carbonyl (C=O) groups excluding carboxylic acids is 1. The number of aromatic nitrogens is 1. The Morgan fingerprint density at radius 3 is 2.65 bits per heavy atom. The van der Waals surface area contributed by atoms with Gasteiger partial charge < -0.3 is 9.47 Å². The molecule has 0 aliphatic rings. The fourth-order valence-electron chi connectivity index (χ4n) is 1.69. The van der Waals surface area contributed by atoms with Crippen molar-refractivity contribution in [1.29, 1.82) is 0 Å². The molecule has 2 aromatic rings. The van der Waals surface area contributed by atoms with Gasteiger partial charge in [0.15, 0.2) is 0 Å². The minimum absolute atomic E-state index is 0.0393. The van der Waals surface area contributed by atoms with Crippen LogP contribution in [0.1, 0.15) is 21.5 Å². The van der Waals surface area contributed by atoms with E-state index in [4.69, 9.17) is 0 Å². The van der Waals surface area contributed by atoms with Crippen LogP contribution in [0.2, 0.25) is 0 Å². The molecule has 0 spiro atoms. The van der Waals surface area contributed by atoms with Gasteiger partial charge in [-0.25, -0.2) is 9.18 Å². The lowest BCUT2D eigenvalue weighted by atomic mass is 10.1. The van der Waals surface area contributed by atoms with E-state index in [1.54, 1.807) is 0 Å². The second kappa shape index (κ2) is 7.31. The first-order valence-electron chi connectivity index (χ1n) is 6.29. The minimum atomic E-state index is -3.05. The lowest BCUT2D eigenvalue weighted by Gasteiger charge is -2.08. The maximum atomic E-state index is 13.0. The summed E-state index contributed by atoms with van der Waals surface area (Å²) in [5.41, 5.74) is 0.407. The molecule has 23 heavy (non-hydrogen) atoms. The molecule has 0 unspecified atom stereocenters. The highest BCUT2D eigenvalue weighted by molar-refractivity contribution is 5.90. The zero-order chi connectivity index (χ0) is 16.8. The van der Waals surface area contributed by atoms with Crippen LogP contribution in [0.5, 0.6) is 5.75 Å². The molecular formula is C16H10F3NO3. The second-order valence-corrected chi connectivity index (χ2v) is 4.22. The molecule has 0 aliphatic carbocycles. The third-order valence-electron chi connectivity index (χ3n) is 2.66. The van der Waals surface area contributed by atoms with Crippen LogP contribution in [-0.4, -0.2) is 24.7 Å². The standard InChI is InChI=1S/C16H10F3NO3/c1-22-15(21)12-4-5-14(23-16(18)19)11(7-12)3-2-10-6-13(17)9-20-8-10/h4-9,16H,1H3. The molecule has 0 N–H and O–H groups in total. The van der Waals surface area contributed by atoms with E-state index in [1.165, 1.54) is 31.5 Å². The molecule has 0 bridgehead atoms. The van der Waals surface area contributed by atoms with Gasteiger partial charge in [-0.15, -0.1) is 0 Å². The van der Waals surface area contributed by atoms with Gasteiger partial charge in [-0.2, -0.15) is 8.78 Å². The third-order valence-corrected chi connectivity index (χ3v) is 2.66. The Morgan fingerprint density at radius 2 is 2.00 bits per heavy atom. The largest absolute Gasteiger partial charge is 0.465 e. The lowest BCUT2D eigenvalue weighted by Crippen LogP contribution is -2.06. The maximum absolute atomic E-state index is 13.0. The molecule has 1 aromatic heterocycles. The number of hydrogen-bond acceptors (Lipinski definition) is 4. The number of esters is 1. The van der Waals surface area contributed by atoms with E-state index in [1.807, 2.05) is 0 Å². The van der Waals surface area contributed by atoms with Crippen molar-refractivity contribution in [2.24, 2.45) is 0 Å². The number of pyridine rings is 1. The summed E-state index contributed by atoms with van der Waals surface area (Å²) < 4.78 is 46.8. The number of nitrogens with zero attached hydrogens (tertiary/aromatic N) is 1. The number of methoxy groups -OCH3 is 1. The Hall–Kier alpha value is -3.01. The summed E-state index contributed by atoms with van der Waals surface area (Å²) in [6.07, 6.45) is 2.32. The number of carbonyl (C=O) groups is 1. The van der Waals surface area contributed by atoms with Gasteiger partial charge in [0.05, 0.1) is 24.4 Å². The molecule has 7 heteroatoms. The van der Waals surface area contributed by atoms with E-state index in [9.17, 15) is 18.0 Å². The highest BCUT2D eigenvalue weighted by Crippen LogP contribution is 2.22. The predicted molar refractivity (Wildman–Crippen MR) is 74.6 cm³/mol. The van der Waals surface area contributed by atoms with E-state index < -0.39 is 18.4 Å². The van der Waals surface area contributed by atoms with Crippen LogP contribution in [0.3, 0.4) is 0 Å². The van der Waals surface area contributed by atoms with Crippen molar-refractivity contribution in [3.63, 3.8) is 0 Å². The molecule has 0 amide bonds. The van der Waals surface area contributed by atoms with Crippen molar-refractivity contribution in [1.82, 2.24) is 4.98 Å². The minimum Gasteiger partial charge on any atom is -0.465 e. The Bertz CT molecular complexity index is 782. The average Bonchev–Trinajstić information content (AvgIpc) is 2.52. The molecule has 2 rings (SSSR count). The van der Waals surface area contributed by atoms with E-state index in [0.717, 1.165) is 12.3 Å². The van der Waals surface area contributed by atoms with Gasteiger partial charge in [-0.3, -0.25) is 4.98 Å². The average molecular weight is 321 g/mol. The Balaban J connectivity index is 2.43. The van der Waals surface area contributed by atoms with Crippen molar-refractivity contribution in [3.05, 3.63) is 59.2 Å². The van der Waals surface area contributed by atoms with Gasteiger partial charge in [0.2, 0.25) is 0 Å². The van der Waals surface area contributed by atoms with Gasteiger partial charge in [-0.05, 0) is 24.3 Å². The normalized spacial score (nSPS) is 9.96. The van der Waals surface area contributed by atoms with Crippen LogP contribution in [0.25, 0.3) is 0 Å². The molecule has 1 aromatic carbocycles. The van der Waals surface area contributed by atoms with E-state index >= 15 is 0 Å². The van der Waals surface area contributed by atoms with Crippen molar-refractivity contribution in [3.8, 4) is 17.6 Å². The van der Waals surface area contributed by atoms with E-state index in [2.05, 4.69) is 26.3 Å². The third kappa shape index (κ3) is 4.48. The predicted octanol–water partition coefficient (Wildman–Crippen LogP) is 3.01. The van der Waals surface area contributed by atoms with E-state index in [-0.39, 0.29) is 22.4 Å². The molecule has 0 saturated carbocycles. The van der Waals surface area contributed by atoms with Crippen LogP contribution in [-0.2, 0) is 4.74 Å². The summed E-state index contributed by atoms with van der Waals surface area (Å²) >= 11 is 0. The first-order chi connectivity index (χ1) is 11.0. The van der Waals surface area contributed by atoms with Crippen molar-refractivity contribution >= 4 is 5.97 Å². The summed E-state index contributed by atoms with van der Waals surface area (Å²) in [5, 5.41) is 0. The first kappa shape index (κ1) is 16.4. The van der Waals surface area contributed by atoms with Crippen LogP contribution in [0, 0.1) is 17.7 Å². The molecule has 1 heterocycles. The number of ether oxygens (including phenoxy) is 2. The second-order valence-electron chi connectivity index (χ2n) is 4.22. The smallest absolute Gasteiger partial charge is 0.387 e. The molecule has 0 atom stereocenters.